The fourth-order valence-corrected chi connectivity index (χ4v) is 6.73. The lowest BCUT2D eigenvalue weighted by Crippen LogP contribution is -2.39. The molecule has 0 atom stereocenters. The topological polar surface area (TPSA) is 50.3 Å². The highest BCUT2D eigenvalue weighted by Crippen LogP contribution is 2.33. The third-order valence-corrected chi connectivity index (χ3v) is 9.21. The van der Waals surface area contributed by atoms with Gasteiger partial charge >= 0.3 is 0 Å². The van der Waals surface area contributed by atoms with Gasteiger partial charge in [0.1, 0.15) is 5.82 Å². The van der Waals surface area contributed by atoms with Crippen LogP contribution >= 0.6 is 11.3 Å². The molecular formula is C23H25FN2O2S2. The molecule has 0 saturated carbocycles. The Morgan fingerprint density at radius 3 is 2.40 bits per heavy atom. The van der Waals surface area contributed by atoms with Gasteiger partial charge in [0.2, 0.25) is 0 Å². The molecule has 0 N–H and O–H groups in total. The molecule has 158 valence electrons. The van der Waals surface area contributed by atoms with Crippen LogP contribution in [-0.4, -0.2) is 31.7 Å². The van der Waals surface area contributed by atoms with Crippen molar-refractivity contribution in [3.63, 3.8) is 0 Å². The Hall–Kier alpha value is -2.25. The van der Waals surface area contributed by atoms with Crippen molar-refractivity contribution in [2.75, 3.05) is 18.0 Å². The second-order valence-electron chi connectivity index (χ2n) is 7.96. The monoisotopic (exact) mass is 444 g/mol. The van der Waals surface area contributed by atoms with E-state index in [1.54, 1.807) is 18.3 Å². The summed E-state index contributed by atoms with van der Waals surface area (Å²) in [6, 6.07) is 10.3. The van der Waals surface area contributed by atoms with Crippen molar-refractivity contribution in [2.24, 2.45) is 0 Å². The molecule has 0 amide bonds. The summed E-state index contributed by atoms with van der Waals surface area (Å²) in [5.41, 5.74) is 5.13. The van der Waals surface area contributed by atoms with Gasteiger partial charge in [-0.1, -0.05) is 18.2 Å². The third kappa shape index (κ3) is 4.01. The molecular weight excluding hydrogens is 419 g/mol. The number of thiazole rings is 1. The van der Waals surface area contributed by atoms with Crippen LogP contribution in [0.4, 0.5) is 9.52 Å². The van der Waals surface area contributed by atoms with E-state index < -0.39 is 20.9 Å². The van der Waals surface area contributed by atoms with Gasteiger partial charge in [-0.3, -0.25) is 0 Å². The summed E-state index contributed by atoms with van der Waals surface area (Å²) in [5.74, 6) is -0.515. The number of aryl methyl sites for hydroxylation is 3. The number of hydrogen-bond acceptors (Lipinski definition) is 5. The summed E-state index contributed by atoms with van der Waals surface area (Å²) in [4.78, 5) is 7.06. The second-order valence-corrected chi connectivity index (χ2v) is 11.0. The Bertz CT molecular complexity index is 1180. The van der Waals surface area contributed by atoms with Crippen LogP contribution in [0.5, 0.6) is 0 Å². The van der Waals surface area contributed by atoms with Gasteiger partial charge in [-0.2, -0.15) is 0 Å². The first kappa shape index (κ1) is 21.0. The zero-order valence-electron chi connectivity index (χ0n) is 17.4. The van der Waals surface area contributed by atoms with Crippen molar-refractivity contribution in [3.8, 4) is 11.3 Å². The molecule has 2 aromatic carbocycles. The highest BCUT2D eigenvalue weighted by molar-refractivity contribution is 7.92. The maximum absolute atomic E-state index is 13.6. The van der Waals surface area contributed by atoms with Gasteiger partial charge in [0.25, 0.3) is 0 Å². The van der Waals surface area contributed by atoms with Crippen LogP contribution in [0.15, 0.2) is 46.7 Å². The summed E-state index contributed by atoms with van der Waals surface area (Å²) in [7, 11) is -3.55. The van der Waals surface area contributed by atoms with E-state index in [2.05, 4.69) is 42.3 Å². The van der Waals surface area contributed by atoms with Crippen LogP contribution in [0.3, 0.4) is 0 Å². The zero-order valence-corrected chi connectivity index (χ0v) is 19.0. The molecule has 3 aromatic rings. The molecule has 30 heavy (non-hydrogen) atoms. The van der Waals surface area contributed by atoms with Gasteiger partial charge in [-0.05, 0) is 68.5 Å². The van der Waals surface area contributed by atoms with Gasteiger partial charge in [0.15, 0.2) is 15.0 Å². The number of piperidine rings is 1. The van der Waals surface area contributed by atoms with Crippen molar-refractivity contribution < 1.29 is 12.8 Å². The summed E-state index contributed by atoms with van der Waals surface area (Å²) in [6.45, 7) is 7.15. The number of rotatable bonds is 4. The minimum Gasteiger partial charge on any atom is -0.348 e. The molecule has 1 fully saturated rings. The number of halogens is 1. The molecule has 1 aliphatic rings. The number of benzene rings is 2. The zero-order chi connectivity index (χ0) is 21.5. The molecule has 4 nitrogen and oxygen atoms in total. The van der Waals surface area contributed by atoms with E-state index >= 15 is 0 Å². The summed E-state index contributed by atoms with van der Waals surface area (Å²) < 4.78 is 39.7. The summed E-state index contributed by atoms with van der Waals surface area (Å²) in [5, 5.41) is 2.48. The van der Waals surface area contributed by atoms with E-state index in [9.17, 15) is 12.8 Å². The van der Waals surface area contributed by atoms with E-state index in [1.165, 1.54) is 23.3 Å². The van der Waals surface area contributed by atoms with Gasteiger partial charge < -0.3 is 4.90 Å². The van der Waals surface area contributed by atoms with Crippen LogP contribution in [-0.2, 0) is 9.84 Å². The Labute approximate surface area is 181 Å². The number of sulfone groups is 1. The maximum atomic E-state index is 13.6. The molecule has 0 aliphatic carbocycles. The molecule has 1 aliphatic heterocycles. The normalized spacial score (nSPS) is 15.5. The third-order valence-electron chi connectivity index (χ3n) is 5.90. The molecule has 0 unspecified atom stereocenters. The lowest BCUT2D eigenvalue weighted by Gasteiger charge is -2.31. The molecule has 0 radical (unpaired) electrons. The largest absolute Gasteiger partial charge is 0.348 e. The first-order valence-electron chi connectivity index (χ1n) is 10.0. The molecule has 0 bridgehead atoms. The minimum absolute atomic E-state index is 0.118. The first-order valence-corrected chi connectivity index (χ1v) is 12.5. The van der Waals surface area contributed by atoms with E-state index in [-0.39, 0.29) is 4.90 Å². The van der Waals surface area contributed by atoms with Crippen LogP contribution in [0.25, 0.3) is 11.3 Å². The van der Waals surface area contributed by atoms with Gasteiger partial charge in [-0.15, -0.1) is 11.3 Å². The van der Waals surface area contributed by atoms with Gasteiger partial charge in [-0.25, -0.2) is 17.8 Å². The van der Waals surface area contributed by atoms with Crippen LogP contribution < -0.4 is 4.90 Å². The van der Waals surface area contributed by atoms with E-state index in [0.717, 1.165) is 22.5 Å². The number of aromatic nitrogens is 1. The van der Waals surface area contributed by atoms with E-state index in [4.69, 9.17) is 4.98 Å². The summed E-state index contributed by atoms with van der Waals surface area (Å²) in [6.07, 6.45) is 1.02. The smallest absolute Gasteiger partial charge is 0.185 e. The molecule has 2 heterocycles. The van der Waals surface area contributed by atoms with E-state index in [1.807, 2.05) is 0 Å². The molecule has 7 heteroatoms. The molecule has 1 aromatic heterocycles. The quantitative estimate of drug-likeness (QED) is 0.547. The lowest BCUT2D eigenvalue weighted by molar-refractivity contribution is 0.528. The summed E-state index contributed by atoms with van der Waals surface area (Å²) >= 11 is 1.59. The number of anilines is 1. The fraction of sp³-hybridized carbons (Fsp3) is 0.348. The molecule has 4 rings (SSSR count). The Morgan fingerprint density at radius 2 is 1.70 bits per heavy atom. The van der Waals surface area contributed by atoms with Crippen LogP contribution in [0.2, 0.25) is 0 Å². The standard InChI is InChI=1S/C23H25FN2O2S2/c1-15-4-6-18(12-17(15)3)21-14-29-23(25-21)26-10-8-20(9-11-26)30(27,28)22-13-19(24)7-5-16(22)2/h4-7,12-14,20H,8-11H2,1-3H3. The van der Waals surface area contributed by atoms with E-state index in [0.29, 0.717) is 31.5 Å². The predicted octanol–water partition coefficient (Wildman–Crippen LogP) is 5.32. The number of hydrogen-bond donors (Lipinski definition) is 0. The highest BCUT2D eigenvalue weighted by Gasteiger charge is 2.33. The van der Waals surface area contributed by atoms with Crippen LogP contribution in [0, 0.1) is 26.6 Å². The Kier molecular flexibility index (Phi) is 5.68. The van der Waals surface area contributed by atoms with Crippen molar-refractivity contribution in [1.29, 1.82) is 0 Å². The van der Waals surface area contributed by atoms with Gasteiger partial charge in [0.05, 0.1) is 15.8 Å². The average molecular weight is 445 g/mol. The Morgan fingerprint density at radius 1 is 1.00 bits per heavy atom. The van der Waals surface area contributed by atoms with Gasteiger partial charge in [0, 0.05) is 24.0 Å². The molecule has 0 spiro atoms. The van der Waals surface area contributed by atoms with Crippen molar-refractivity contribution in [3.05, 3.63) is 64.3 Å². The Balaban J connectivity index is 1.48. The second kappa shape index (κ2) is 8.12. The SMILES string of the molecule is Cc1ccc(-c2csc(N3CCC(S(=O)(=O)c4cc(F)ccc4C)CC3)n2)cc1C. The predicted molar refractivity (Wildman–Crippen MR) is 121 cm³/mol. The fourth-order valence-electron chi connectivity index (χ4n) is 3.86. The van der Waals surface area contributed by atoms with Crippen molar-refractivity contribution >= 4 is 26.3 Å². The number of nitrogens with zero attached hydrogens (tertiary/aromatic N) is 2. The van der Waals surface area contributed by atoms with Crippen LogP contribution in [0.1, 0.15) is 29.5 Å². The highest BCUT2D eigenvalue weighted by atomic mass is 32.2. The molecule has 1 saturated heterocycles. The maximum Gasteiger partial charge on any atom is 0.185 e. The lowest BCUT2D eigenvalue weighted by atomic mass is 10.1. The van der Waals surface area contributed by atoms with Crippen molar-refractivity contribution in [2.45, 2.75) is 43.8 Å². The first-order chi connectivity index (χ1) is 14.3. The average Bonchev–Trinajstić information content (AvgIpc) is 3.22. The minimum atomic E-state index is -3.55. The van der Waals surface area contributed by atoms with Crippen molar-refractivity contribution in [1.82, 2.24) is 4.98 Å².